The topological polar surface area (TPSA) is 53.1 Å². The zero-order valence-electron chi connectivity index (χ0n) is 10.6. The van der Waals surface area contributed by atoms with Gasteiger partial charge < -0.3 is 15.0 Å². The second kappa shape index (κ2) is 6.21. The lowest BCUT2D eigenvalue weighted by Crippen LogP contribution is -2.05. The van der Waals surface area contributed by atoms with Gasteiger partial charge in [0.1, 0.15) is 5.75 Å². The molecular formula is C14H19N3O. The quantitative estimate of drug-likeness (QED) is 0.795. The van der Waals surface area contributed by atoms with E-state index in [4.69, 9.17) is 10.5 Å². The van der Waals surface area contributed by atoms with Gasteiger partial charge >= 0.3 is 0 Å². The maximum Gasteiger partial charge on any atom is 0.119 e. The molecule has 0 radical (unpaired) electrons. The van der Waals surface area contributed by atoms with Crippen molar-refractivity contribution in [1.29, 1.82) is 0 Å². The largest absolute Gasteiger partial charge is 0.494 e. The van der Waals surface area contributed by atoms with Crippen LogP contribution in [0.2, 0.25) is 0 Å². The predicted octanol–water partition coefficient (Wildman–Crippen LogP) is 2.37. The summed E-state index contributed by atoms with van der Waals surface area (Å²) in [6.45, 7) is 3.61. The molecule has 0 aliphatic carbocycles. The summed E-state index contributed by atoms with van der Waals surface area (Å²) in [5, 5.41) is 0. The average Bonchev–Trinajstić information content (AvgIpc) is 2.88. The van der Waals surface area contributed by atoms with Gasteiger partial charge in [-0.25, -0.2) is 4.98 Å². The third-order valence-corrected chi connectivity index (χ3v) is 2.79. The van der Waals surface area contributed by atoms with Gasteiger partial charge in [0.2, 0.25) is 0 Å². The minimum Gasteiger partial charge on any atom is -0.494 e. The molecule has 0 amide bonds. The van der Waals surface area contributed by atoms with E-state index < -0.39 is 0 Å². The van der Waals surface area contributed by atoms with Gasteiger partial charge in [0.15, 0.2) is 0 Å². The molecule has 0 aliphatic heterocycles. The minimum absolute atomic E-state index is 0.0697. The number of nitrogens with two attached hydrogens (primary N) is 1. The van der Waals surface area contributed by atoms with Crippen molar-refractivity contribution in [2.45, 2.75) is 25.9 Å². The maximum atomic E-state index is 5.79. The number of rotatable bonds is 6. The van der Waals surface area contributed by atoms with Gasteiger partial charge in [-0.2, -0.15) is 0 Å². The first-order chi connectivity index (χ1) is 8.75. The van der Waals surface area contributed by atoms with Crippen LogP contribution >= 0.6 is 0 Å². The van der Waals surface area contributed by atoms with Crippen LogP contribution in [0.25, 0.3) is 0 Å². The molecule has 1 heterocycles. The van der Waals surface area contributed by atoms with Gasteiger partial charge in [0.25, 0.3) is 0 Å². The Morgan fingerprint density at radius 1 is 1.33 bits per heavy atom. The smallest absolute Gasteiger partial charge is 0.119 e. The summed E-state index contributed by atoms with van der Waals surface area (Å²) in [4.78, 5) is 4.00. The van der Waals surface area contributed by atoms with E-state index in [0.29, 0.717) is 6.61 Å². The summed E-state index contributed by atoms with van der Waals surface area (Å²) in [6.07, 6.45) is 6.52. The number of hydrogen-bond acceptors (Lipinski definition) is 3. The van der Waals surface area contributed by atoms with Gasteiger partial charge in [-0.05, 0) is 31.0 Å². The number of ether oxygens (including phenoxy) is 1. The molecule has 2 aromatic rings. The molecule has 0 spiro atoms. The van der Waals surface area contributed by atoms with E-state index in [1.807, 2.05) is 48.3 Å². The molecule has 96 valence electrons. The summed E-state index contributed by atoms with van der Waals surface area (Å²) in [5.41, 5.74) is 6.92. The van der Waals surface area contributed by atoms with Crippen molar-refractivity contribution in [2.75, 3.05) is 6.61 Å². The molecule has 2 N–H and O–H groups in total. The second-order valence-corrected chi connectivity index (χ2v) is 4.36. The SMILES string of the molecule is C[C@H](N)c1ccc(OCCCn2ccnc2)cc1. The van der Waals surface area contributed by atoms with Gasteiger partial charge in [-0.3, -0.25) is 0 Å². The normalized spacial score (nSPS) is 12.3. The van der Waals surface area contributed by atoms with E-state index in [1.54, 1.807) is 6.20 Å². The zero-order chi connectivity index (χ0) is 12.8. The van der Waals surface area contributed by atoms with Crippen molar-refractivity contribution in [2.24, 2.45) is 5.73 Å². The average molecular weight is 245 g/mol. The molecule has 18 heavy (non-hydrogen) atoms. The van der Waals surface area contributed by atoms with Crippen LogP contribution < -0.4 is 10.5 Å². The van der Waals surface area contributed by atoms with Gasteiger partial charge in [0, 0.05) is 25.0 Å². The summed E-state index contributed by atoms with van der Waals surface area (Å²) in [7, 11) is 0. The maximum absolute atomic E-state index is 5.79. The fourth-order valence-corrected chi connectivity index (χ4v) is 1.72. The molecule has 0 fully saturated rings. The lowest BCUT2D eigenvalue weighted by Gasteiger charge is -2.09. The molecule has 1 aromatic heterocycles. The molecule has 0 saturated carbocycles. The third kappa shape index (κ3) is 3.60. The van der Waals surface area contributed by atoms with Crippen LogP contribution in [0.1, 0.15) is 24.9 Å². The zero-order valence-corrected chi connectivity index (χ0v) is 10.6. The first-order valence-electron chi connectivity index (χ1n) is 6.20. The highest BCUT2D eigenvalue weighted by Gasteiger charge is 1.99. The first kappa shape index (κ1) is 12.6. The molecule has 0 unspecified atom stereocenters. The van der Waals surface area contributed by atoms with Crippen LogP contribution in [0.5, 0.6) is 5.75 Å². The van der Waals surface area contributed by atoms with E-state index in [9.17, 15) is 0 Å². The summed E-state index contributed by atoms with van der Waals surface area (Å²) < 4.78 is 7.71. The number of benzene rings is 1. The van der Waals surface area contributed by atoms with Crippen molar-refractivity contribution in [1.82, 2.24) is 9.55 Å². The molecule has 4 heteroatoms. The van der Waals surface area contributed by atoms with Crippen LogP contribution in [0, 0.1) is 0 Å². The summed E-state index contributed by atoms with van der Waals surface area (Å²) in [5.74, 6) is 0.894. The highest BCUT2D eigenvalue weighted by molar-refractivity contribution is 5.28. The fourth-order valence-electron chi connectivity index (χ4n) is 1.72. The minimum atomic E-state index is 0.0697. The highest BCUT2D eigenvalue weighted by atomic mass is 16.5. The van der Waals surface area contributed by atoms with Crippen LogP contribution in [-0.2, 0) is 6.54 Å². The fraction of sp³-hybridized carbons (Fsp3) is 0.357. The van der Waals surface area contributed by atoms with E-state index >= 15 is 0 Å². The highest BCUT2D eigenvalue weighted by Crippen LogP contribution is 2.16. The van der Waals surface area contributed by atoms with Crippen LogP contribution in [0.3, 0.4) is 0 Å². The molecule has 4 nitrogen and oxygen atoms in total. The van der Waals surface area contributed by atoms with Crippen molar-refractivity contribution in [3.63, 3.8) is 0 Å². The van der Waals surface area contributed by atoms with Gasteiger partial charge in [-0.15, -0.1) is 0 Å². The van der Waals surface area contributed by atoms with E-state index in [-0.39, 0.29) is 6.04 Å². The number of hydrogen-bond donors (Lipinski definition) is 1. The Hall–Kier alpha value is -1.81. The third-order valence-electron chi connectivity index (χ3n) is 2.79. The molecule has 1 aromatic carbocycles. The Labute approximate surface area is 107 Å². The predicted molar refractivity (Wildman–Crippen MR) is 71.4 cm³/mol. The Kier molecular flexibility index (Phi) is 4.36. The van der Waals surface area contributed by atoms with E-state index in [0.717, 1.165) is 24.3 Å². The Balaban J connectivity index is 1.73. The molecule has 0 aliphatic rings. The summed E-state index contributed by atoms with van der Waals surface area (Å²) in [6, 6.07) is 8.03. The monoisotopic (exact) mass is 245 g/mol. The number of aromatic nitrogens is 2. The van der Waals surface area contributed by atoms with Crippen LogP contribution in [0.4, 0.5) is 0 Å². The van der Waals surface area contributed by atoms with E-state index in [2.05, 4.69) is 4.98 Å². The number of imidazole rings is 1. The van der Waals surface area contributed by atoms with Crippen LogP contribution in [0.15, 0.2) is 43.0 Å². The van der Waals surface area contributed by atoms with Crippen molar-refractivity contribution >= 4 is 0 Å². The lowest BCUT2D eigenvalue weighted by molar-refractivity contribution is 0.301. The molecule has 0 bridgehead atoms. The van der Waals surface area contributed by atoms with Crippen molar-refractivity contribution in [3.8, 4) is 5.75 Å². The molecule has 1 atom stereocenters. The first-order valence-corrected chi connectivity index (χ1v) is 6.20. The summed E-state index contributed by atoms with van der Waals surface area (Å²) >= 11 is 0. The van der Waals surface area contributed by atoms with Crippen molar-refractivity contribution in [3.05, 3.63) is 48.5 Å². The number of nitrogens with zero attached hydrogens (tertiary/aromatic N) is 2. The lowest BCUT2D eigenvalue weighted by atomic mass is 10.1. The Morgan fingerprint density at radius 2 is 2.11 bits per heavy atom. The molecule has 0 saturated heterocycles. The van der Waals surface area contributed by atoms with E-state index in [1.165, 1.54) is 0 Å². The number of aryl methyl sites for hydroxylation is 1. The van der Waals surface area contributed by atoms with Crippen molar-refractivity contribution < 1.29 is 4.74 Å². The van der Waals surface area contributed by atoms with Gasteiger partial charge in [-0.1, -0.05) is 12.1 Å². The molecular weight excluding hydrogens is 226 g/mol. The van der Waals surface area contributed by atoms with Crippen LogP contribution in [-0.4, -0.2) is 16.2 Å². The second-order valence-electron chi connectivity index (χ2n) is 4.36. The standard InChI is InChI=1S/C14H19N3O/c1-12(15)13-3-5-14(6-4-13)18-10-2-8-17-9-7-16-11-17/h3-7,9,11-12H,2,8,10,15H2,1H3/t12-/m0/s1. The Morgan fingerprint density at radius 3 is 2.72 bits per heavy atom. The Bertz CT molecular complexity index is 448. The van der Waals surface area contributed by atoms with Gasteiger partial charge in [0.05, 0.1) is 12.9 Å². The molecule has 2 rings (SSSR count).